The van der Waals surface area contributed by atoms with E-state index in [0.717, 1.165) is 12.0 Å². The van der Waals surface area contributed by atoms with Crippen molar-refractivity contribution in [3.63, 3.8) is 0 Å². The van der Waals surface area contributed by atoms with Gasteiger partial charge in [-0.2, -0.15) is 5.10 Å². The average molecular weight is 347 g/mol. The molecule has 0 saturated heterocycles. The van der Waals surface area contributed by atoms with Gasteiger partial charge in [-0.25, -0.2) is 0 Å². The molecule has 0 aliphatic carbocycles. The van der Waals surface area contributed by atoms with Crippen LogP contribution in [-0.2, 0) is 0 Å². The molecule has 0 aliphatic rings. The summed E-state index contributed by atoms with van der Waals surface area (Å²) in [5.41, 5.74) is 1.76. The summed E-state index contributed by atoms with van der Waals surface area (Å²) in [6, 6.07) is 6.81. The minimum atomic E-state index is -0.293. The number of hydrogen-bond donors (Lipinski definition) is 3. The molecule has 0 saturated carbocycles. The zero-order chi connectivity index (χ0) is 18.4. The lowest BCUT2D eigenvalue weighted by molar-refractivity contribution is 0.0886. The van der Waals surface area contributed by atoms with E-state index >= 15 is 0 Å². The van der Waals surface area contributed by atoms with Gasteiger partial charge in [-0.3, -0.25) is 9.89 Å². The number of aliphatic hydroxyl groups is 1. The third kappa shape index (κ3) is 4.30. The molecule has 1 heterocycles. The lowest BCUT2D eigenvalue weighted by Crippen LogP contribution is -2.42. The SMILES string of the molecule is CCC(C)C(CO)NC(=O)c1cc(-c2ccc(OC)c(OC)c2)n[nH]1. The first-order valence-electron chi connectivity index (χ1n) is 8.23. The maximum atomic E-state index is 12.4. The van der Waals surface area contributed by atoms with Gasteiger partial charge in [0.25, 0.3) is 5.91 Å². The summed E-state index contributed by atoms with van der Waals surface area (Å²) < 4.78 is 10.5. The van der Waals surface area contributed by atoms with Crippen molar-refractivity contribution in [3.8, 4) is 22.8 Å². The van der Waals surface area contributed by atoms with Crippen LogP contribution >= 0.6 is 0 Å². The molecule has 0 spiro atoms. The number of ether oxygens (including phenoxy) is 2. The lowest BCUT2D eigenvalue weighted by atomic mass is 10.00. The number of nitrogens with one attached hydrogen (secondary N) is 2. The number of rotatable bonds is 8. The molecule has 2 rings (SSSR count). The molecule has 0 aliphatic heterocycles. The molecule has 2 aromatic rings. The number of amides is 1. The Hall–Kier alpha value is -2.54. The second-order valence-corrected chi connectivity index (χ2v) is 5.88. The molecule has 25 heavy (non-hydrogen) atoms. The first-order chi connectivity index (χ1) is 12.0. The molecule has 7 heteroatoms. The van der Waals surface area contributed by atoms with Crippen LogP contribution in [0, 0.1) is 5.92 Å². The number of carbonyl (C=O) groups excluding carboxylic acids is 1. The van der Waals surface area contributed by atoms with Crippen LogP contribution in [0.15, 0.2) is 24.3 Å². The van der Waals surface area contributed by atoms with Gasteiger partial charge < -0.3 is 19.9 Å². The highest BCUT2D eigenvalue weighted by molar-refractivity contribution is 5.93. The predicted octanol–water partition coefficient (Wildman–Crippen LogP) is 2.23. The van der Waals surface area contributed by atoms with E-state index in [-0.39, 0.29) is 24.5 Å². The van der Waals surface area contributed by atoms with Gasteiger partial charge in [0, 0.05) is 5.56 Å². The van der Waals surface area contributed by atoms with Gasteiger partial charge in [-0.15, -0.1) is 0 Å². The Kier molecular flexibility index (Phi) is 6.41. The van der Waals surface area contributed by atoms with Crippen molar-refractivity contribution < 1.29 is 19.4 Å². The fourth-order valence-corrected chi connectivity index (χ4v) is 2.48. The molecule has 1 aromatic carbocycles. The number of aromatic amines is 1. The zero-order valence-corrected chi connectivity index (χ0v) is 15.0. The molecule has 2 atom stereocenters. The number of nitrogens with zero attached hydrogens (tertiary/aromatic N) is 1. The highest BCUT2D eigenvalue weighted by Crippen LogP contribution is 2.31. The van der Waals surface area contributed by atoms with Crippen molar-refractivity contribution in [2.45, 2.75) is 26.3 Å². The third-order valence-corrected chi connectivity index (χ3v) is 4.35. The van der Waals surface area contributed by atoms with Crippen molar-refractivity contribution in [2.75, 3.05) is 20.8 Å². The molecular weight excluding hydrogens is 322 g/mol. The van der Waals surface area contributed by atoms with Crippen LogP contribution in [-0.4, -0.2) is 48.1 Å². The number of hydrogen-bond acceptors (Lipinski definition) is 5. The van der Waals surface area contributed by atoms with E-state index in [9.17, 15) is 9.90 Å². The van der Waals surface area contributed by atoms with Crippen molar-refractivity contribution in [2.24, 2.45) is 5.92 Å². The molecule has 3 N–H and O–H groups in total. The topological polar surface area (TPSA) is 96.5 Å². The Morgan fingerprint density at radius 3 is 2.60 bits per heavy atom. The Morgan fingerprint density at radius 1 is 1.28 bits per heavy atom. The fraction of sp³-hybridized carbons (Fsp3) is 0.444. The van der Waals surface area contributed by atoms with E-state index < -0.39 is 0 Å². The minimum absolute atomic E-state index is 0.0998. The third-order valence-electron chi connectivity index (χ3n) is 4.35. The summed E-state index contributed by atoms with van der Waals surface area (Å²) >= 11 is 0. The van der Waals surface area contributed by atoms with Gasteiger partial charge in [-0.05, 0) is 30.2 Å². The van der Waals surface area contributed by atoms with Gasteiger partial charge in [0.2, 0.25) is 0 Å². The second-order valence-electron chi connectivity index (χ2n) is 5.88. The Morgan fingerprint density at radius 2 is 2.00 bits per heavy atom. The standard InChI is InChI=1S/C18H25N3O4/c1-5-11(2)15(10-22)19-18(23)14-9-13(20-21-14)12-6-7-16(24-3)17(8-12)25-4/h6-9,11,15,22H,5,10H2,1-4H3,(H,19,23)(H,20,21). The normalized spacial score (nSPS) is 13.2. The number of methoxy groups -OCH3 is 2. The zero-order valence-electron chi connectivity index (χ0n) is 15.0. The second kappa shape index (κ2) is 8.53. The predicted molar refractivity (Wildman–Crippen MR) is 94.9 cm³/mol. The average Bonchev–Trinajstić information content (AvgIpc) is 3.14. The molecule has 7 nitrogen and oxygen atoms in total. The first kappa shape index (κ1) is 18.8. The van der Waals surface area contributed by atoms with Crippen LogP contribution in [0.5, 0.6) is 11.5 Å². The van der Waals surface area contributed by atoms with Crippen molar-refractivity contribution in [1.82, 2.24) is 15.5 Å². The highest BCUT2D eigenvalue weighted by atomic mass is 16.5. The smallest absolute Gasteiger partial charge is 0.269 e. The van der Waals surface area contributed by atoms with Crippen molar-refractivity contribution in [3.05, 3.63) is 30.0 Å². The van der Waals surface area contributed by atoms with E-state index in [1.165, 1.54) is 0 Å². The van der Waals surface area contributed by atoms with E-state index in [2.05, 4.69) is 15.5 Å². The molecule has 0 bridgehead atoms. The number of H-pyrrole nitrogens is 1. The van der Waals surface area contributed by atoms with E-state index in [1.807, 2.05) is 19.9 Å². The van der Waals surface area contributed by atoms with Gasteiger partial charge in [0.05, 0.1) is 32.6 Å². The van der Waals surface area contributed by atoms with Crippen LogP contribution in [0.1, 0.15) is 30.8 Å². The first-order valence-corrected chi connectivity index (χ1v) is 8.23. The molecule has 0 radical (unpaired) electrons. The van der Waals surface area contributed by atoms with Gasteiger partial charge >= 0.3 is 0 Å². The lowest BCUT2D eigenvalue weighted by Gasteiger charge is -2.21. The maximum absolute atomic E-state index is 12.4. The summed E-state index contributed by atoms with van der Waals surface area (Å²) in [7, 11) is 3.14. The van der Waals surface area contributed by atoms with E-state index in [1.54, 1.807) is 32.4 Å². The molecule has 1 amide bonds. The summed E-state index contributed by atoms with van der Waals surface area (Å²) in [5.74, 6) is 1.10. The van der Waals surface area contributed by atoms with Crippen molar-refractivity contribution in [1.29, 1.82) is 0 Å². The molecule has 1 aromatic heterocycles. The summed E-state index contributed by atoms with van der Waals surface area (Å²) in [6.07, 6.45) is 0.866. The maximum Gasteiger partial charge on any atom is 0.269 e. The van der Waals surface area contributed by atoms with E-state index in [0.29, 0.717) is 22.9 Å². The quantitative estimate of drug-likeness (QED) is 0.680. The Balaban J connectivity index is 2.18. The summed E-state index contributed by atoms with van der Waals surface area (Å²) in [4.78, 5) is 12.4. The van der Waals surface area contributed by atoms with Crippen molar-refractivity contribution >= 4 is 5.91 Å². The van der Waals surface area contributed by atoms with E-state index in [4.69, 9.17) is 9.47 Å². The number of benzene rings is 1. The Labute approximate surface area is 147 Å². The summed E-state index contributed by atoms with van der Waals surface area (Å²) in [6.45, 7) is 3.91. The fourth-order valence-electron chi connectivity index (χ4n) is 2.48. The molecular formula is C18H25N3O4. The van der Waals surface area contributed by atoms with Crippen LogP contribution in [0.4, 0.5) is 0 Å². The highest BCUT2D eigenvalue weighted by Gasteiger charge is 2.20. The molecule has 136 valence electrons. The van der Waals surface area contributed by atoms with Crippen LogP contribution in [0.3, 0.4) is 0 Å². The monoisotopic (exact) mass is 347 g/mol. The molecule has 2 unspecified atom stereocenters. The van der Waals surface area contributed by atoms with Gasteiger partial charge in [0.1, 0.15) is 5.69 Å². The van der Waals surface area contributed by atoms with Gasteiger partial charge in [0.15, 0.2) is 11.5 Å². The Bertz CT molecular complexity index is 714. The molecule has 0 fully saturated rings. The number of aromatic nitrogens is 2. The summed E-state index contributed by atoms with van der Waals surface area (Å²) in [5, 5.41) is 19.2. The minimum Gasteiger partial charge on any atom is -0.493 e. The number of aliphatic hydroxyl groups excluding tert-OH is 1. The van der Waals surface area contributed by atoms with Crippen LogP contribution < -0.4 is 14.8 Å². The largest absolute Gasteiger partial charge is 0.493 e. The van der Waals surface area contributed by atoms with Gasteiger partial charge in [-0.1, -0.05) is 20.3 Å². The van der Waals surface area contributed by atoms with Crippen LogP contribution in [0.2, 0.25) is 0 Å². The van der Waals surface area contributed by atoms with Crippen LogP contribution in [0.25, 0.3) is 11.3 Å². The number of carbonyl (C=O) groups is 1.